The minimum Gasteiger partial charge on any atom is -0.347 e. The molecule has 0 radical (unpaired) electrons. The van der Waals surface area contributed by atoms with Gasteiger partial charge in [-0.1, -0.05) is 0 Å². The highest BCUT2D eigenvalue weighted by atomic mass is 79.9. The number of alkyl halides is 1. The molecule has 0 aliphatic carbocycles. The highest BCUT2D eigenvalue weighted by Gasteiger charge is 2.09. The molecule has 1 N–H and O–H groups in total. The monoisotopic (exact) mass is 256 g/mol. The molecule has 0 saturated heterocycles. The van der Waals surface area contributed by atoms with Gasteiger partial charge in [0.25, 0.3) is 0 Å². The molecular formula is C4H3Br2FN2. The van der Waals surface area contributed by atoms with Crippen LogP contribution in [0.2, 0.25) is 0 Å². The van der Waals surface area contributed by atoms with E-state index in [2.05, 4.69) is 42.2 Å². The fraction of sp³-hybridized carbons (Fsp3) is 0.250. The molecule has 0 fully saturated rings. The van der Waals surface area contributed by atoms with Crippen molar-refractivity contribution in [1.29, 1.82) is 0 Å². The van der Waals surface area contributed by atoms with Crippen LogP contribution in [0.25, 0.3) is 0 Å². The summed E-state index contributed by atoms with van der Waals surface area (Å²) in [5, 5.41) is 2.45. The van der Waals surface area contributed by atoms with Crippen LogP contribution in [0.3, 0.4) is 0 Å². The van der Waals surface area contributed by atoms with Crippen molar-refractivity contribution in [1.82, 2.24) is 5.32 Å². The van der Waals surface area contributed by atoms with Crippen LogP contribution >= 0.6 is 31.9 Å². The van der Waals surface area contributed by atoms with Gasteiger partial charge in [0.15, 0.2) is 10.9 Å². The van der Waals surface area contributed by atoms with Crippen LogP contribution in [0.5, 0.6) is 0 Å². The predicted octanol–water partition coefficient (Wildman–Crippen LogP) is 1.87. The zero-order chi connectivity index (χ0) is 6.85. The lowest BCUT2D eigenvalue weighted by atomic mass is 10.6. The molecule has 0 aromatic rings. The maximum absolute atomic E-state index is 12.4. The third-order valence-corrected chi connectivity index (χ3v) is 1.85. The lowest BCUT2D eigenvalue weighted by Gasteiger charge is -2.11. The Kier molecular flexibility index (Phi) is 2.23. The number of hydrogen-bond donors (Lipinski definition) is 1. The minimum atomic E-state index is -0.384. The summed E-state index contributed by atoms with van der Waals surface area (Å²) in [5.74, 6) is -0.384. The van der Waals surface area contributed by atoms with Crippen LogP contribution in [0.4, 0.5) is 4.39 Å². The maximum Gasteiger partial charge on any atom is 0.175 e. The summed E-state index contributed by atoms with van der Waals surface area (Å²) >= 11 is 6.08. The summed E-state index contributed by atoms with van der Waals surface area (Å²) in [6.45, 7) is 0. The predicted molar refractivity (Wildman–Crippen MR) is 41.4 cm³/mol. The van der Waals surface area contributed by atoms with Crippen LogP contribution in [0, 0.1) is 0 Å². The molecule has 1 unspecified atom stereocenters. The van der Waals surface area contributed by atoms with Crippen molar-refractivity contribution in [2.45, 2.75) is 5.08 Å². The van der Waals surface area contributed by atoms with Gasteiger partial charge in [0.2, 0.25) is 0 Å². The Bertz CT molecular complexity index is 177. The second kappa shape index (κ2) is 2.79. The average Bonchev–Trinajstić information content (AvgIpc) is 1.80. The Morgan fingerprint density at radius 1 is 1.78 bits per heavy atom. The third-order valence-electron chi connectivity index (χ3n) is 0.774. The van der Waals surface area contributed by atoms with Crippen LogP contribution in [-0.4, -0.2) is 11.3 Å². The quantitative estimate of drug-likeness (QED) is 0.520. The Labute approximate surface area is 68.5 Å². The molecule has 5 heteroatoms. The van der Waals surface area contributed by atoms with Gasteiger partial charge < -0.3 is 5.32 Å². The lowest BCUT2D eigenvalue weighted by Crippen LogP contribution is -2.22. The highest BCUT2D eigenvalue weighted by molar-refractivity contribution is 9.12. The van der Waals surface area contributed by atoms with E-state index in [1.54, 1.807) is 0 Å². The normalized spacial score (nSPS) is 26.3. The topological polar surface area (TPSA) is 24.4 Å². The van der Waals surface area contributed by atoms with E-state index in [0.717, 1.165) is 6.21 Å². The van der Waals surface area contributed by atoms with Crippen molar-refractivity contribution in [3.8, 4) is 0 Å². The Balaban J connectivity index is 2.75. The molecule has 1 heterocycles. The average molecular weight is 258 g/mol. The molecule has 2 nitrogen and oxygen atoms in total. The molecule has 0 spiro atoms. The molecule has 0 amide bonds. The summed E-state index contributed by atoms with van der Waals surface area (Å²) in [6.07, 6.45) is 1.15. The summed E-state index contributed by atoms with van der Waals surface area (Å²) in [5.41, 5.74) is 0. The van der Waals surface area contributed by atoms with Crippen molar-refractivity contribution in [2.75, 3.05) is 0 Å². The lowest BCUT2D eigenvalue weighted by molar-refractivity contribution is 0.649. The van der Waals surface area contributed by atoms with Gasteiger partial charge in [-0.05, 0) is 31.9 Å². The van der Waals surface area contributed by atoms with E-state index in [-0.39, 0.29) is 10.9 Å². The summed E-state index contributed by atoms with van der Waals surface area (Å²) in [4.78, 5) is 3.68. The number of nitrogens with zero attached hydrogens (tertiary/aromatic N) is 1. The van der Waals surface area contributed by atoms with Gasteiger partial charge in [-0.15, -0.1) is 0 Å². The molecule has 1 aliphatic rings. The van der Waals surface area contributed by atoms with Crippen molar-refractivity contribution in [2.24, 2.45) is 4.99 Å². The largest absolute Gasteiger partial charge is 0.347 e. The first-order valence-corrected chi connectivity index (χ1v) is 3.90. The molecule has 1 rings (SSSR count). The van der Waals surface area contributed by atoms with Crippen molar-refractivity contribution in [3.63, 3.8) is 0 Å². The highest BCUT2D eigenvalue weighted by Crippen LogP contribution is 2.15. The maximum atomic E-state index is 12.4. The van der Waals surface area contributed by atoms with E-state index in [1.807, 2.05) is 0 Å². The van der Waals surface area contributed by atoms with Crippen molar-refractivity contribution >= 4 is 38.1 Å². The molecule has 1 aliphatic heterocycles. The molecule has 0 aromatic carbocycles. The van der Waals surface area contributed by atoms with Gasteiger partial charge in [-0.25, -0.2) is 4.39 Å². The summed E-state index contributed by atoms with van der Waals surface area (Å²) < 4.78 is 12.7. The third kappa shape index (κ3) is 1.76. The molecule has 0 bridgehead atoms. The van der Waals surface area contributed by atoms with Crippen LogP contribution in [-0.2, 0) is 0 Å². The van der Waals surface area contributed by atoms with Crippen LogP contribution in [0.15, 0.2) is 15.4 Å². The van der Waals surface area contributed by atoms with Gasteiger partial charge >= 0.3 is 0 Å². The first kappa shape index (κ1) is 7.21. The minimum absolute atomic E-state index is 0.216. The number of rotatable bonds is 0. The first-order chi connectivity index (χ1) is 4.20. The number of aliphatic imine (C=N–C) groups is 1. The SMILES string of the molecule is FC1=C(Br)NC(Br)N=C1. The molecule has 50 valence electrons. The molecular weight excluding hydrogens is 255 g/mol. The van der Waals surface area contributed by atoms with Gasteiger partial charge in [0.1, 0.15) is 4.61 Å². The van der Waals surface area contributed by atoms with Gasteiger partial charge in [0, 0.05) is 0 Å². The van der Waals surface area contributed by atoms with Gasteiger partial charge in [-0.2, -0.15) is 0 Å². The number of hydrogen-bond acceptors (Lipinski definition) is 2. The number of nitrogens with one attached hydrogen (secondary N) is 1. The van der Waals surface area contributed by atoms with Crippen LogP contribution < -0.4 is 5.32 Å². The van der Waals surface area contributed by atoms with E-state index in [4.69, 9.17) is 0 Å². The van der Waals surface area contributed by atoms with E-state index < -0.39 is 0 Å². The Hall–Kier alpha value is 0.1000. The fourth-order valence-corrected chi connectivity index (χ4v) is 1.37. The Morgan fingerprint density at radius 3 is 2.89 bits per heavy atom. The zero-order valence-electron chi connectivity index (χ0n) is 4.24. The van der Waals surface area contributed by atoms with Gasteiger partial charge in [-0.3, -0.25) is 4.99 Å². The second-order valence-corrected chi connectivity index (χ2v) is 3.08. The van der Waals surface area contributed by atoms with E-state index in [9.17, 15) is 4.39 Å². The molecule has 1 atom stereocenters. The van der Waals surface area contributed by atoms with E-state index in [0.29, 0.717) is 4.61 Å². The first-order valence-electron chi connectivity index (χ1n) is 2.19. The second-order valence-electron chi connectivity index (χ2n) is 1.42. The van der Waals surface area contributed by atoms with Crippen molar-refractivity contribution in [3.05, 3.63) is 10.4 Å². The van der Waals surface area contributed by atoms with E-state index >= 15 is 0 Å². The number of halogens is 3. The summed E-state index contributed by atoms with van der Waals surface area (Å²) in [6, 6.07) is 0. The summed E-state index contributed by atoms with van der Waals surface area (Å²) in [7, 11) is 0. The van der Waals surface area contributed by atoms with Gasteiger partial charge in [0.05, 0.1) is 6.21 Å². The van der Waals surface area contributed by atoms with Crippen LogP contribution in [0.1, 0.15) is 0 Å². The molecule has 0 saturated carbocycles. The van der Waals surface area contributed by atoms with E-state index in [1.165, 1.54) is 0 Å². The number of allylic oxidation sites excluding steroid dienone is 1. The fourth-order valence-electron chi connectivity index (χ4n) is 0.398. The zero-order valence-corrected chi connectivity index (χ0v) is 7.41. The smallest absolute Gasteiger partial charge is 0.175 e. The molecule has 9 heavy (non-hydrogen) atoms. The molecule has 0 aromatic heterocycles. The standard InChI is InChI=1S/C4H3Br2FN2/c5-3-2(7)1-8-4(6)9-3/h1,4,9H. The Morgan fingerprint density at radius 2 is 2.44 bits per heavy atom. The van der Waals surface area contributed by atoms with Crippen molar-refractivity contribution < 1.29 is 4.39 Å².